The van der Waals surface area contributed by atoms with Crippen molar-refractivity contribution in [2.45, 2.75) is 72.6 Å². The average molecular weight is 293 g/mol. The summed E-state index contributed by atoms with van der Waals surface area (Å²) in [5, 5.41) is 10.3. The summed E-state index contributed by atoms with van der Waals surface area (Å²) in [5.74, 6) is 6.22. The van der Waals surface area contributed by atoms with E-state index in [0.717, 1.165) is 41.4 Å². The van der Waals surface area contributed by atoms with E-state index < -0.39 is 0 Å². The van der Waals surface area contributed by atoms with Gasteiger partial charge < -0.3 is 5.11 Å². The van der Waals surface area contributed by atoms with Gasteiger partial charge in [0.05, 0.1) is 0 Å². The molecule has 21 heavy (non-hydrogen) atoms. The molecule has 0 bridgehead atoms. The van der Waals surface area contributed by atoms with Crippen LogP contribution < -0.4 is 0 Å². The van der Waals surface area contributed by atoms with Crippen molar-refractivity contribution in [1.82, 2.24) is 0 Å². The Morgan fingerprint density at radius 3 is 2.43 bits per heavy atom. The third-order valence-electron chi connectivity index (χ3n) is 7.73. The monoisotopic (exact) mass is 292 g/mol. The van der Waals surface area contributed by atoms with E-state index in [1.165, 1.54) is 44.9 Å². The van der Waals surface area contributed by atoms with Crippen molar-refractivity contribution in [3.05, 3.63) is 0 Å². The number of aliphatic hydroxyl groups excluding tert-OH is 1. The number of hydrogen-bond donors (Lipinski definition) is 1. The lowest BCUT2D eigenvalue weighted by atomic mass is 9.34. The first-order valence-corrected chi connectivity index (χ1v) is 9.62. The standard InChI is InChI=1S/C20H36O/c1-13(2)6-5-11-20(12-21)17-10-8-14(3)16-9-7-15(4)19(20)18(16)17/h13-19,21H,5-12H2,1-4H3/t14-,15?,16-,17+,18-,19-,20-/m1/s1. The van der Waals surface area contributed by atoms with E-state index in [1.807, 2.05) is 0 Å². The molecular formula is C20H36O. The van der Waals surface area contributed by atoms with E-state index in [4.69, 9.17) is 0 Å². The second-order valence-electron chi connectivity index (χ2n) is 9.16. The second kappa shape index (κ2) is 5.87. The topological polar surface area (TPSA) is 20.2 Å². The van der Waals surface area contributed by atoms with Crippen LogP contribution in [-0.2, 0) is 0 Å². The van der Waals surface area contributed by atoms with Gasteiger partial charge in [0.1, 0.15) is 0 Å². The van der Waals surface area contributed by atoms with Gasteiger partial charge in [-0.15, -0.1) is 0 Å². The van der Waals surface area contributed by atoms with Crippen LogP contribution in [0.3, 0.4) is 0 Å². The summed E-state index contributed by atoms with van der Waals surface area (Å²) in [6.45, 7) is 10.1. The largest absolute Gasteiger partial charge is 0.396 e. The highest BCUT2D eigenvalue weighted by Gasteiger charge is 2.66. The molecule has 0 saturated heterocycles. The predicted octanol–water partition coefficient (Wildman–Crippen LogP) is 5.13. The Balaban J connectivity index is 1.77. The zero-order valence-corrected chi connectivity index (χ0v) is 14.6. The lowest BCUT2D eigenvalue weighted by molar-refractivity contribution is -0.241. The SMILES string of the molecule is CC(C)CCC[C@]1(CO)[C@@H]2C(C)CC[C@H]3[C@@H]2[C@@H]1CC[C@H]3C. The third-order valence-corrected chi connectivity index (χ3v) is 7.73. The molecule has 1 nitrogen and oxygen atoms in total. The summed E-state index contributed by atoms with van der Waals surface area (Å²) in [4.78, 5) is 0. The molecular weight excluding hydrogens is 256 g/mol. The van der Waals surface area contributed by atoms with E-state index in [9.17, 15) is 5.11 Å². The fraction of sp³-hybridized carbons (Fsp3) is 1.00. The second-order valence-corrected chi connectivity index (χ2v) is 9.16. The van der Waals surface area contributed by atoms with Crippen LogP contribution in [0.5, 0.6) is 0 Å². The van der Waals surface area contributed by atoms with Crippen molar-refractivity contribution in [1.29, 1.82) is 0 Å². The smallest absolute Gasteiger partial charge is 0.0493 e. The normalized spacial score (nSPS) is 48.9. The van der Waals surface area contributed by atoms with Gasteiger partial charge in [-0.25, -0.2) is 0 Å². The molecule has 3 fully saturated rings. The molecule has 122 valence electrons. The zero-order valence-electron chi connectivity index (χ0n) is 14.6. The highest BCUT2D eigenvalue weighted by Crippen LogP contribution is 2.70. The van der Waals surface area contributed by atoms with E-state index in [-0.39, 0.29) is 0 Å². The van der Waals surface area contributed by atoms with Crippen LogP contribution in [0.4, 0.5) is 0 Å². The Labute approximate surface area is 131 Å². The Hall–Kier alpha value is -0.0400. The van der Waals surface area contributed by atoms with Crippen molar-refractivity contribution in [3.8, 4) is 0 Å². The molecule has 0 radical (unpaired) electrons. The molecule has 0 aromatic rings. The summed E-state index contributed by atoms with van der Waals surface area (Å²) < 4.78 is 0. The summed E-state index contributed by atoms with van der Waals surface area (Å²) >= 11 is 0. The van der Waals surface area contributed by atoms with Crippen LogP contribution in [0.25, 0.3) is 0 Å². The molecule has 3 aliphatic rings. The first-order valence-electron chi connectivity index (χ1n) is 9.62. The first kappa shape index (κ1) is 15.8. The molecule has 0 aliphatic heterocycles. The molecule has 1 unspecified atom stereocenters. The van der Waals surface area contributed by atoms with E-state index >= 15 is 0 Å². The Bertz CT molecular complexity index is 363. The maximum Gasteiger partial charge on any atom is 0.0493 e. The van der Waals surface area contributed by atoms with Gasteiger partial charge in [-0.2, -0.15) is 0 Å². The minimum atomic E-state index is 0.303. The molecule has 7 atom stereocenters. The van der Waals surface area contributed by atoms with E-state index in [0.29, 0.717) is 12.0 Å². The molecule has 1 N–H and O–H groups in total. The third kappa shape index (κ3) is 2.38. The Morgan fingerprint density at radius 2 is 1.76 bits per heavy atom. The lowest BCUT2D eigenvalue weighted by Gasteiger charge is -2.70. The maximum atomic E-state index is 10.3. The fourth-order valence-corrected chi connectivity index (χ4v) is 6.78. The summed E-state index contributed by atoms with van der Waals surface area (Å²) in [7, 11) is 0. The average Bonchev–Trinajstić information content (AvgIpc) is 2.43. The van der Waals surface area contributed by atoms with Gasteiger partial charge in [0, 0.05) is 6.61 Å². The molecule has 0 spiro atoms. The predicted molar refractivity (Wildman–Crippen MR) is 89.0 cm³/mol. The minimum absolute atomic E-state index is 0.303. The molecule has 0 heterocycles. The van der Waals surface area contributed by atoms with E-state index in [1.54, 1.807) is 0 Å². The lowest BCUT2D eigenvalue weighted by Crippen LogP contribution is -2.66. The Kier molecular flexibility index (Phi) is 4.43. The van der Waals surface area contributed by atoms with Gasteiger partial charge in [0.15, 0.2) is 0 Å². The van der Waals surface area contributed by atoms with Gasteiger partial charge >= 0.3 is 0 Å². The molecule has 3 rings (SSSR count). The summed E-state index contributed by atoms with van der Waals surface area (Å²) in [6, 6.07) is 0. The van der Waals surface area contributed by atoms with Crippen LogP contribution in [0, 0.1) is 46.8 Å². The van der Waals surface area contributed by atoms with Crippen LogP contribution in [0.1, 0.15) is 72.6 Å². The molecule has 3 saturated carbocycles. The number of aliphatic hydroxyl groups is 1. The van der Waals surface area contributed by atoms with Crippen LogP contribution in [0.15, 0.2) is 0 Å². The van der Waals surface area contributed by atoms with Crippen molar-refractivity contribution in [2.24, 2.45) is 46.8 Å². The number of hydrogen-bond acceptors (Lipinski definition) is 1. The van der Waals surface area contributed by atoms with Crippen molar-refractivity contribution in [2.75, 3.05) is 6.61 Å². The van der Waals surface area contributed by atoms with Gasteiger partial charge in [-0.1, -0.05) is 53.4 Å². The van der Waals surface area contributed by atoms with Gasteiger partial charge in [0.25, 0.3) is 0 Å². The quantitative estimate of drug-likeness (QED) is 0.745. The summed E-state index contributed by atoms with van der Waals surface area (Å²) in [6.07, 6.45) is 9.64. The first-order chi connectivity index (χ1) is 10.0. The van der Waals surface area contributed by atoms with Crippen molar-refractivity contribution >= 4 is 0 Å². The molecule has 1 heteroatoms. The zero-order chi connectivity index (χ0) is 15.2. The Morgan fingerprint density at radius 1 is 1.05 bits per heavy atom. The fourth-order valence-electron chi connectivity index (χ4n) is 6.78. The van der Waals surface area contributed by atoms with E-state index in [2.05, 4.69) is 27.7 Å². The van der Waals surface area contributed by atoms with Crippen LogP contribution >= 0.6 is 0 Å². The molecule has 3 aliphatic carbocycles. The van der Waals surface area contributed by atoms with Crippen LogP contribution in [0.2, 0.25) is 0 Å². The number of rotatable bonds is 5. The molecule has 0 aromatic carbocycles. The van der Waals surface area contributed by atoms with Gasteiger partial charge in [-0.3, -0.25) is 0 Å². The highest BCUT2D eigenvalue weighted by molar-refractivity contribution is 5.14. The maximum absolute atomic E-state index is 10.3. The van der Waals surface area contributed by atoms with Gasteiger partial charge in [-0.05, 0) is 66.1 Å². The summed E-state index contributed by atoms with van der Waals surface area (Å²) in [5.41, 5.74) is 0.303. The van der Waals surface area contributed by atoms with Gasteiger partial charge in [0.2, 0.25) is 0 Å². The minimum Gasteiger partial charge on any atom is -0.396 e. The van der Waals surface area contributed by atoms with Crippen LogP contribution in [-0.4, -0.2) is 11.7 Å². The molecule has 0 amide bonds. The van der Waals surface area contributed by atoms with Crippen molar-refractivity contribution in [3.63, 3.8) is 0 Å². The molecule has 0 aromatic heterocycles. The van der Waals surface area contributed by atoms with Crippen molar-refractivity contribution < 1.29 is 5.11 Å². The highest BCUT2D eigenvalue weighted by atomic mass is 16.3.